The zero-order chi connectivity index (χ0) is 16.4. The van der Waals surface area contributed by atoms with Gasteiger partial charge < -0.3 is 14.8 Å². The van der Waals surface area contributed by atoms with Gasteiger partial charge >= 0.3 is 0 Å². The van der Waals surface area contributed by atoms with E-state index in [1.165, 1.54) is 12.1 Å². The van der Waals surface area contributed by atoms with Gasteiger partial charge in [0.05, 0.1) is 13.2 Å². The van der Waals surface area contributed by atoms with Gasteiger partial charge in [0.25, 0.3) is 5.91 Å². The zero-order valence-corrected chi connectivity index (χ0v) is 13.1. The molecule has 0 unspecified atom stereocenters. The van der Waals surface area contributed by atoms with Crippen LogP contribution in [-0.4, -0.2) is 19.1 Å². The molecule has 1 heterocycles. The highest BCUT2D eigenvalue weighted by atomic mass is 19.1. The Morgan fingerprint density at radius 2 is 1.74 bits per heavy atom. The second kappa shape index (κ2) is 6.28. The summed E-state index contributed by atoms with van der Waals surface area (Å²) in [4.78, 5) is 12.5. The number of hydrogen-bond donors (Lipinski definition) is 1. The number of anilines is 1. The molecule has 0 aromatic heterocycles. The Labute approximate surface area is 134 Å². The van der Waals surface area contributed by atoms with Gasteiger partial charge in [-0.2, -0.15) is 0 Å². The van der Waals surface area contributed by atoms with Crippen molar-refractivity contribution in [2.75, 3.05) is 18.5 Å². The second-order valence-corrected chi connectivity index (χ2v) is 5.58. The maximum atomic E-state index is 13.4. The molecule has 0 fully saturated rings. The van der Waals surface area contributed by atoms with Gasteiger partial charge in [-0.15, -0.1) is 0 Å². The van der Waals surface area contributed by atoms with Crippen LogP contribution in [0.5, 0.6) is 11.5 Å². The lowest BCUT2D eigenvalue weighted by Crippen LogP contribution is -2.14. The van der Waals surface area contributed by atoms with Crippen LogP contribution in [0.1, 0.15) is 27.9 Å². The van der Waals surface area contributed by atoms with Gasteiger partial charge in [-0.3, -0.25) is 4.79 Å². The van der Waals surface area contributed by atoms with Crippen molar-refractivity contribution in [1.29, 1.82) is 0 Å². The number of amides is 1. The molecule has 1 amide bonds. The lowest BCUT2D eigenvalue weighted by atomic mass is 10.1. The van der Waals surface area contributed by atoms with Crippen LogP contribution >= 0.6 is 0 Å². The molecule has 0 saturated heterocycles. The van der Waals surface area contributed by atoms with Gasteiger partial charge in [-0.1, -0.05) is 6.07 Å². The Morgan fingerprint density at radius 1 is 1.04 bits per heavy atom. The van der Waals surface area contributed by atoms with Crippen LogP contribution in [-0.2, 0) is 0 Å². The van der Waals surface area contributed by atoms with Crippen molar-refractivity contribution < 1.29 is 18.7 Å². The monoisotopic (exact) mass is 315 g/mol. The largest absolute Gasteiger partial charge is 0.490 e. The average Bonchev–Trinajstić information content (AvgIpc) is 2.74. The summed E-state index contributed by atoms with van der Waals surface area (Å²) in [5, 5.41) is 2.76. The van der Waals surface area contributed by atoms with Crippen LogP contribution in [0.2, 0.25) is 0 Å². The van der Waals surface area contributed by atoms with Crippen LogP contribution in [0.25, 0.3) is 0 Å². The molecule has 0 spiro atoms. The fraction of sp³-hybridized carbons (Fsp3) is 0.278. The maximum Gasteiger partial charge on any atom is 0.256 e. The number of halogens is 1. The number of hydrogen-bond acceptors (Lipinski definition) is 3. The fourth-order valence-electron chi connectivity index (χ4n) is 2.47. The first-order valence-electron chi connectivity index (χ1n) is 7.52. The van der Waals surface area contributed by atoms with Crippen molar-refractivity contribution in [3.63, 3.8) is 0 Å². The molecular formula is C18H18FNO3. The highest BCUT2D eigenvalue weighted by molar-refractivity contribution is 6.06. The van der Waals surface area contributed by atoms with Crippen LogP contribution in [0.15, 0.2) is 30.3 Å². The third kappa shape index (κ3) is 3.28. The average molecular weight is 315 g/mol. The number of carbonyl (C=O) groups excluding carboxylic acids is 1. The molecule has 5 heteroatoms. The molecule has 120 valence electrons. The molecule has 0 bridgehead atoms. The molecule has 1 N–H and O–H groups in total. The highest BCUT2D eigenvalue weighted by Gasteiger charge is 2.18. The Balaban J connectivity index is 1.90. The molecule has 3 rings (SSSR count). The Bertz CT molecular complexity index is 758. The summed E-state index contributed by atoms with van der Waals surface area (Å²) in [5.74, 6) is 0.529. The van der Waals surface area contributed by atoms with Crippen LogP contribution in [0, 0.1) is 19.7 Å². The van der Waals surface area contributed by atoms with E-state index in [2.05, 4.69) is 5.32 Å². The SMILES string of the molecule is Cc1ccc(F)cc1NC(=O)c1cc2c(cc1C)OCCCO2. The van der Waals surface area contributed by atoms with Gasteiger partial charge in [-0.05, 0) is 49.2 Å². The van der Waals surface area contributed by atoms with E-state index in [4.69, 9.17) is 9.47 Å². The minimum Gasteiger partial charge on any atom is -0.490 e. The van der Waals surface area contributed by atoms with Crippen molar-refractivity contribution in [1.82, 2.24) is 0 Å². The van der Waals surface area contributed by atoms with Crippen molar-refractivity contribution in [2.45, 2.75) is 20.3 Å². The molecule has 2 aromatic carbocycles. The maximum absolute atomic E-state index is 13.4. The van der Waals surface area contributed by atoms with E-state index in [-0.39, 0.29) is 11.7 Å². The lowest BCUT2D eigenvalue weighted by Gasteiger charge is -2.13. The summed E-state index contributed by atoms with van der Waals surface area (Å²) in [7, 11) is 0. The standard InChI is InChI=1S/C18H18FNO3/c1-11-4-5-13(19)9-15(11)20-18(21)14-10-17-16(8-12(14)2)22-6-3-7-23-17/h4-5,8-10H,3,6-7H2,1-2H3,(H,20,21). The molecule has 1 aliphatic rings. The van der Waals surface area contributed by atoms with E-state index in [1.54, 1.807) is 18.2 Å². The first-order valence-corrected chi connectivity index (χ1v) is 7.52. The van der Waals surface area contributed by atoms with Gasteiger partial charge in [0, 0.05) is 17.7 Å². The fourth-order valence-corrected chi connectivity index (χ4v) is 2.47. The molecule has 1 aliphatic heterocycles. The topological polar surface area (TPSA) is 47.6 Å². The number of benzene rings is 2. The number of carbonyl (C=O) groups is 1. The molecule has 2 aromatic rings. The predicted molar refractivity (Wildman–Crippen MR) is 85.9 cm³/mol. The van der Waals surface area contributed by atoms with Crippen molar-refractivity contribution in [2.24, 2.45) is 0 Å². The molecule has 0 aliphatic carbocycles. The predicted octanol–water partition coefficient (Wildman–Crippen LogP) is 3.86. The summed E-state index contributed by atoms with van der Waals surface area (Å²) in [6.45, 7) is 4.80. The molecule has 0 radical (unpaired) electrons. The minimum atomic E-state index is -0.388. The number of fused-ring (bicyclic) bond motifs is 1. The van der Waals surface area contributed by atoms with E-state index in [0.717, 1.165) is 17.5 Å². The Morgan fingerprint density at radius 3 is 2.48 bits per heavy atom. The third-order valence-corrected chi connectivity index (χ3v) is 3.79. The van der Waals surface area contributed by atoms with Crippen LogP contribution < -0.4 is 14.8 Å². The van der Waals surface area contributed by atoms with Crippen molar-refractivity contribution in [3.05, 3.63) is 52.8 Å². The number of nitrogens with one attached hydrogen (secondary N) is 1. The van der Waals surface area contributed by atoms with Gasteiger partial charge in [0.15, 0.2) is 11.5 Å². The van der Waals surface area contributed by atoms with Crippen LogP contribution in [0.4, 0.5) is 10.1 Å². The van der Waals surface area contributed by atoms with E-state index < -0.39 is 0 Å². The van der Waals surface area contributed by atoms with Gasteiger partial charge in [-0.25, -0.2) is 4.39 Å². The van der Waals surface area contributed by atoms with Crippen LogP contribution in [0.3, 0.4) is 0 Å². The molecule has 4 nitrogen and oxygen atoms in total. The summed E-state index contributed by atoms with van der Waals surface area (Å²) in [6, 6.07) is 7.79. The summed E-state index contributed by atoms with van der Waals surface area (Å²) < 4.78 is 24.6. The summed E-state index contributed by atoms with van der Waals surface area (Å²) in [5.41, 5.74) is 2.52. The van der Waals surface area contributed by atoms with Crippen molar-refractivity contribution >= 4 is 11.6 Å². The zero-order valence-electron chi connectivity index (χ0n) is 13.1. The number of ether oxygens (including phenoxy) is 2. The van der Waals surface area contributed by atoms with Gasteiger partial charge in [0.2, 0.25) is 0 Å². The van der Waals surface area contributed by atoms with E-state index in [1.807, 2.05) is 13.8 Å². The van der Waals surface area contributed by atoms with E-state index >= 15 is 0 Å². The Hall–Kier alpha value is -2.56. The smallest absolute Gasteiger partial charge is 0.256 e. The third-order valence-electron chi connectivity index (χ3n) is 3.79. The second-order valence-electron chi connectivity index (χ2n) is 5.58. The first kappa shape index (κ1) is 15.3. The molecule has 23 heavy (non-hydrogen) atoms. The van der Waals surface area contributed by atoms with Gasteiger partial charge in [0.1, 0.15) is 5.82 Å². The summed E-state index contributed by atoms with van der Waals surface area (Å²) in [6.07, 6.45) is 0.803. The van der Waals surface area contributed by atoms with E-state index in [0.29, 0.717) is 36.0 Å². The highest BCUT2D eigenvalue weighted by Crippen LogP contribution is 2.33. The van der Waals surface area contributed by atoms with Crippen molar-refractivity contribution in [3.8, 4) is 11.5 Å². The lowest BCUT2D eigenvalue weighted by molar-refractivity contribution is 0.102. The molecular weight excluding hydrogens is 297 g/mol. The minimum absolute atomic E-state index is 0.299. The molecule has 0 atom stereocenters. The quantitative estimate of drug-likeness (QED) is 0.915. The first-order chi connectivity index (χ1) is 11.0. The molecule has 0 saturated carbocycles. The number of rotatable bonds is 2. The number of aryl methyl sites for hydroxylation is 2. The summed E-state index contributed by atoms with van der Waals surface area (Å²) >= 11 is 0. The Kier molecular flexibility index (Phi) is 4.19. The normalized spacial score (nSPS) is 13.3. The van der Waals surface area contributed by atoms with E-state index in [9.17, 15) is 9.18 Å².